The number of ether oxygens (including phenoxy) is 2. The van der Waals surface area contributed by atoms with E-state index in [0.29, 0.717) is 38.4 Å². The number of carbonyl (C=O) groups is 2. The van der Waals surface area contributed by atoms with E-state index >= 15 is 0 Å². The van der Waals surface area contributed by atoms with E-state index in [1.807, 2.05) is 0 Å². The van der Waals surface area contributed by atoms with Gasteiger partial charge in [-0.1, -0.05) is 23.2 Å². The molecule has 3 aromatic rings. The summed E-state index contributed by atoms with van der Waals surface area (Å²) in [5, 5.41) is 7.48. The third kappa shape index (κ3) is 6.73. The zero-order chi connectivity index (χ0) is 22.9. The molecule has 2 amide bonds. The van der Waals surface area contributed by atoms with E-state index in [0.717, 1.165) is 0 Å². The van der Waals surface area contributed by atoms with Gasteiger partial charge in [-0.15, -0.1) is 0 Å². The number of amides is 2. The van der Waals surface area contributed by atoms with Crippen molar-refractivity contribution in [3.63, 3.8) is 0 Å². The first-order valence-electron chi connectivity index (χ1n) is 9.40. The lowest BCUT2D eigenvalue weighted by atomic mass is 10.2. The van der Waals surface area contributed by atoms with Gasteiger partial charge in [-0.05, 0) is 72.3 Å². The summed E-state index contributed by atoms with van der Waals surface area (Å²) in [6.45, 7) is -0.212. The molecule has 0 radical (unpaired) electrons. The van der Waals surface area contributed by atoms with Crippen molar-refractivity contribution in [2.75, 3.05) is 19.0 Å². The van der Waals surface area contributed by atoms with Crippen molar-refractivity contribution in [3.05, 3.63) is 87.9 Å². The Labute approximate surface area is 194 Å². The average Bonchev–Trinajstić information content (AvgIpc) is 2.79. The molecule has 0 aliphatic heterocycles. The Morgan fingerprint density at radius 3 is 2.38 bits per heavy atom. The molecular formula is C23H19Cl2N3O4. The number of carbonyl (C=O) groups excluding carboxylic acids is 2. The van der Waals surface area contributed by atoms with Crippen LogP contribution in [0.5, 0.6) is 11.5 Å². The number of nitrogens with zero attached hydrogens (tertiary/aromatic N) is 1. The van der Waals surface area contributed by atoms with Gasteiger partial charge < -0.3 is 14.8 Å². The van der Waals surface area contributed by atoms with Crippen LogP contribution in [0.15, 0.2) is 71.8 Å². The first-order chi connectivity index (χ1) is 15.4. The molecule has 7 nitrogen and oxygen atoms in total. The molecule has 0 aromatic heterocycles. The molecule has 0 saturated carbocycles. The standard InChI is InChI=1S/C23H19Cl2N3O4/c1-31-19-9-7-18(8-10-19)27-22(29)14-32-21-11-2-15(12-20(21)25)13-26-28-23(30)16-3-5-17(24)6-4-16/h2-13H,14H2,1H3,(H,27,29)(H,28,30)/b26-13+. The fraction of sp³-hybridized carbons (Fsp3) is 0.0870. The molecule has 164 valence electrons. The minimum Gasteiger partial charge on any atom is -0.497 e. The normalized spacial score (nSPS) is 10.6. The second-order valence-corrected chi connectivity index (χ2v) is 7.30. The number of hydrogen-bond donors (Lipinski definition) is 2. The smallest absolute Gasteiger partial charge is 0.271 e. The molecule has 0 unspecified atom stereocenters. The zero-order valence-electron chi connectivity index (χ0n) is 17.0. The van der Waals surface area contributed by atoms with Crippen molar-refractivity contribution in [1.29, 1.82) is 0 Å². The molecular weight excluding hydrogens is 453 g/mol. The van der Waals surface area contributed by atoms with Crippen LogP contribution in [0.25, 0.3) is 0 Å². The summed E-state index contributed by atoms with van der Waals surface area (Å²) in [5.41, 5.74) is 4.12. The number of benzene rings is 3. The Bertz CT molecular complexity index is 1120. The Hall–Kier alpha value is -3.55. The number of methoxy groups -OCH3 is 1. The van der Waals surface area contributed by atoms with Crippen LogP contribution in [0.3, 0.4) is 0 Å². The van der Waals surface area contributed by atoms with Crippen LogP contribution in [0.1, 0.15) is 15.9 Å². The quantitative estimate of drug-likeness (QED) is 0.365. The highest BCUT2D eigenvalue weighted by atomic mass is 35.5. The van der Waals surface area contributed by atoms with Crippen LogP contribution < -0.4 is 20.2 Å². The monoisotopic (exact) mass is 471 g/mol. The fourth-order valence-electron chi connectivity index (χ4n) is 2.56. The highest BCUT2D eigenvalue weighted by Crippen LogP contribution is 2.25. The molecule has 0 spiro atoms. The molecule has 0 fully saturated rings. The van der Waals surface area contributed by atoms with Crippen LogP contribution >= 0.6 is 23.2 Å². The van der Waals surface area contributed by atoms with Crippen LogP contribution in [-0.2, 0) is 4.79 Å². The summed E-state index contributed by atoms with van der Waals surface area (Å²) in [7, 11) is 1.57. The van der Waals surface area contributed by atoms with Crippen LogP contribution in [0.4, 0.5) is 5.69 Å². The molecule has 0 aliphatic carbocycles. The molecule has 0 atom stereocenters. The predicted octanol–water partition coefficient (Wildman–Crippen LogP) is 4.78. The number of nitrogens with one attached hydrogen (secondary N) is 2. The topological polar surface area (TPSA) is 89.0 Å². The van der Waals surface area contributed by atoms with E-state index in [9.17, 15) is 9.59 Å². The highest BCUT2D eigenvalue weighted by molar-refractivity contribution is 6.32. The third-order valence-electron chi connectivity index (χ3n) is 4.17. The maximum atomic E-state index is 12.1. The summed E-state index contributed by atoms with van der Waals surface area (Å²) in [6.07, 6.45) is 1.44. The van der Waals surface area contributed by atoms with Crippen molar-refractivity contribution in [1.82, 2.24) is 5.43 Å². The van der Waals surface area contributed by atoms with Crippen LogP contribution in [0.2, 0.25) is 10.0 Å². The molecule has 0 saturated heterocycles. The van der Waals surface area contributed by atoms with Gasteiger partial charge in [0.2, 0.25) is 0 Å². The van der Waals surface area contributed by atoms with Crippen molar-refractivity contribution >= 4 is 46.9 Å². The minimum atomic E-state index is -0.369. The second kappa shape index (κ2) is 11.2. The number of halogens is 2. The summed E-state index contributed by atoms with van der Waals surface area (Å²) in [4.78, 5) is 24.1. The average molecular weight is 472 g/mol. The number of rotatable bonds is 8. The summed E-state index contributed by atoms with van der Waals surface area (Å²) in [6, 6.07) is 18.3. The molecule has 9 heteroatoms. The van der Waals surface area contributed by atoms with Crippen LogP contribution in [-0.4, -0.2) is 31.7 Å². The highest BCUT2D eigenvalue weighted by Gasteiger charge is 2.08. The third-order valence-corrected chi connectivity index (χ3v) is 4.72. The second-order valence-electron chi connectivity index (χ2n) is 6.46. The molecule has 3 aromatic carbocycles. The fourth-order valence-corrected chi connectivity index (χ4v) is 2.93. The SMILES string of the molecule is COc1ccc(NC(=O)COc2ccc(/C=N/NC(=O)c3ccc(Cl)cc3)cc2Cl)cc1. The van der Waals surface area contributed by atoms with Crippen LogP contribution in [0, 0.1) is 0 Å². The maximum Gasteiger partial charge on any atom is 0.271 e. The van der Waals surface area contributed by atoms with Crippen molar-refractivity contribution in [3.8, 4) is 11.5 Å². The van der Waals surface area contributed by atoms with Gasteiger partial charge in [-0.3, -0.25) is 9.59 Å². The molecule has 0 bridgehead atoms. The Morgan fingerprint density at radius 1 is 1.00 bits per heavy atom. The number of anilines is 1. The summed E-state index contributed by atoms with van der Waals surface area (Å²) >= 11 is 12.0. The largest absolute Gasteiger partial charge is 0.497 e. The van der Waals surface area contributed by atoms with Gasteiger partial charge in [0.05, 0.1) is 18.3 Å². The number of hydrogen-bond acceptors (Lipinski definition) is 5. The lowest BCUT2D eigenvalue weighted by molar-refractivity contribution is -0.118. The summed E-state index contributed by atoms with van der Waals surface area (Å²) < 4.78 is 10.6. The Morgan fingerprint density at radius 2 is 1.72 bits per heavy atom. The summed E-state index contributed by atoms with van der Waals surface area (Å²) in [5.74, 6) is 0.340. The van der Waals surface area contributed by atoms with E-state index in [-0.39, 0.29) is 18.4 Å². The maximum absolute atomic E-state index is 12.1. The Kier molecular flexibility index (Phi) is 8.08. The van der Waals surface area contributed by atoms with Crippen molar-refractivity contribution in [2.45, 2.75) is 0 Å². The zero-order valence-corrected chi connectivity index (χ0v) is 18.5. The van der Waals surface area contributed by atoms with Crippen molar-refractivity contribution in [2.24, 2.45) is 5.10 Å². The Balaban J connectivity index is 1.50. The minimum absolute atomic E-state index is 0.212. The number of hydrazone groups is 1. The van der Waals surface area contributed by atoms with Gasteiger partial charge in [0.25, 0.3) is 11.8 Å². The van der Waals surface area contributed by atoms with E-state index in [1.165, 1.54) is 6.21 Å². The molecule has 0 aliphatic rings. The van der Waals surface area contributed by atoms with Gasteiger partial charge >= 0.3 is 0 Å². The molecule has 3 rings (SSSR count). The van der Waals surface area contributed by atoms with E-state index in [4.69, 9.17) is 32.7 Å². The van der Waals surface area contributed by atoms with Gasteiger partial charge in [0.1, 0.15) is 11.5 Å². The van der Waals surface area contributed by atoms with Gasteiger partial charge in [-0.2, -0.15) is 5.10 Å². The first-order valence-corrected chi connectivity index (χ1v) is 10.2. The lowest BCUT2D eigenvalue weighted by Crippen LogP contribution is -2.20. The lowest BCUT2D eigenvalue weighted by Gasteiger charge is -2.09. The predicted molar refractivity (Wildman–Crippen MR) is 125 cm³/mol. The van der Waals surface area contributed by atoms with E-state index in [1.54, 1.807) is 73.8 Å². The van der Waals surface area contributed by atoms with Gasteiger partial charge in [0, 0.05) is 16.3 Å². The van der Waals surface area contributed by atoms with Gasteiger partial charge in [0.15, 0.2) is 6.61 Å². The molecule has 32 heavy (non-hydrogen) atoms. The van der Waals surface area contributed by atoms with E-state index in [2.05, 4.69) is 15.8 Å². The van der Waals surface area contributed by atoms with Gasteiger partial charge in [-0.25, -0.2) is 5.43 Å². The first kappa shape index (κ1) is 23.1. The molecule has 0 heterocycles. The van der Waals surface area contributed by atoms with Crippen molar-refractivity contribution < 1.29 is 19.1 Å². The van der Waals surface area contributed by atoms with E-state index < -0.39 is 0 Å². The molecule has 2 N–H and O–H groups in total.